The van der Waals surface area contributed by atoms with Gasteiger partial charge in [0.2, 0.25) is 0 Å². The van der Waals surface area contributed by atoms with E-state index in [1.54, 1.807) is 0 Å². The normalized spacial score (nSPS) is 9.92. The van der Waals surface area contributed by atoms with Gasteiger partial charge >= 0.3 is 0 Å². The van der Waals surface area contributed by atoms with Crippen LogP contribution in [0.4, 0.5) is 0 Å². The van der Waals surface area contributed by atoms with Gasteiger partial charge < -0.3 is 0 Å². The zero-order chi connectivity index (χ0) is 9.10. The monoisotopic (exact) mass is 168 g/mol. The fraction of sp³-hybridized carbons (Fsp3) is 0.0833. The summed E-state index contributed by atoms with van der Waals surface area (Å²) in [4.78, 5) is 4.30. The van der Waals surface area contributed by atoms with E-state index in [0.717, 1.165) is 5.69 Å². The van der Waals surface area contributed by atoms with Gasteiger partial charge in [-0.15, -0.1) is 0 Å². The summed E-state index contributed by atoms with van der Waals surface area (Å²) in [5.41, 5.74) is 3.41. The number of aryl methyl sites for hydroxylation is 1. The van der Waals surface area contributed by atoms with Crippen molar-refractivity contribution in [2.45, 2.75) is 6.92 Å². The van der Waals surface area contributed by atoms with Gasteiger partial charge in [-0.25, -0.2) is 0 Å². The van der Waals surface area contributed by atoms with Crippen molar-refractivity contribution in [2.75, 3.05) is 0 Å². The summed E-state index contributed by atoms with van der Waals surface area (Å²) >= 11 is 0. The van der Waals surface area contributed by atoms with Crippen LogP contribution in [0.5, 0.6) is 0 Å². The molecule has 0 aliphatic rings. The minimum atomic E-state index is 1.02. The Hall–Kier alpha value is -1.63. The van der Waals surface area contributed by atoms with E-state index in [4.69, 9.17) is 0 Å². The van der Waals surface area contributed by atoms with Crippen LogP contribution in [0.25, 0.3) is 11.3 Å². The van der Waals surface area contributed by atoms with Crippen molar-refractivity contribution >= 4 is 0 Å². The fourth-order valence-electron chi connectivity index (χ4n) is 1.32. The number of rotatable bonds is 1. The Morgan fingerprint density at radius 2 is 2.15 bits per heavy atom. The molecule has 1 nitrogen and oxygen atoms in total. The predicted molar refractivity (Wildman–Crippen MR) is 53.2 cm³/mol. The first kappa shape index (κ1) is 7.99. The van der Waals surface area contributed by atoms with Gasteiger partial charge in [0, 0.05) is 11.8 Å². The van der Waals surface area contributed by atoms with Crippen LogP contribution in [0.15, 0.2) is 42.6 Å². The number of benzene rings is 1. The Balaban J connectivity index is 2.54. The van der Waals surface area contributed by atoms with E-state index in [1.807, 2.05) is 42.6 Å². The summed E-state index contributed by atoms with van der Waals surface area (Å²) in [6, 6.07) is 14.9. The molecule has 0 saturated carbocycles. The number of hydrogen-bond acceptors (Lipinski definition) is 1. The van der Waals surface area contributed by atoms with Gasteiger partial charge in [-0.1, -0.05) is 24.3 Å². The summed E-state index contributed by atoms with van der Waals surface area (Å²) in [6.07, 6.45) is 1.81. The molecule has 0 atom stereocenters. The molecule has 2 rings (SSSR count). The standard InChI is InChI=1S/C12H10N/c1-10-6-2-3-7-11(10)12-8-4-5-9-13-12/h3-9H,1H3. The minimum absolute atomic E-state index is 1.02. The van der Waals surface area contributed by atoms with E-state index in [-0.39, 0.29) is 0 Å². The van der Waals surface area contributed by atoms with Crippen molar-refractivity contribution in [3.63, 3.8) is 0 Å². The van der Waals surface area contributed by atoms with E-state index >= 15 is 0 Å². The maximum Gasteiger partial charge on any atom is 0.0704 e. The molecule has 13 heavy (non-hydrogen) atoms. The fourth-order valence-corrected chi connectivity index (χ4v) is 1.32. The second-order valence-electron chi connectivity index (χ2n) is 2.96. The highest BCUT2D eigenvalue weighted by atomic mass is 14.7. The first-order valence-electron chi connectivity index (χ1n) is 4.26. The quantitative estimate of drug-likeness (QED) is 0.638. The second-order valence-corrected chi connectivity index (χ2v) is 2.96. The largest absolute Gasteiger partial charge is 0.256 e. The van der Waals surface area contributed by atoms with Crippen molar-refractivity contribution in [2.24, 2.45) is 0 Å². The molecule has 0 saturated heterocycles. The van der Waals surface area contributed by atoms with Crippen LogP contribution in [0.1, 0.15) is 5.56 Å². The Labute approximate surface area is 78.1 Å². The Kier molecular flexibility index (Phi) is 2.09. The van der Waals surface area contributed by atoms with E-state index in [0.29, 0.717) is 0 Å². The van der Waals surface area contributed by atoms with Crippen LogP contribution in [0, 0.1) is 13.0 Å². The third-order valence-corrected chi connectivity index (χ3v) is 2.01. The number of pyridine rings is 1. The van der Waals surface area contributed by atoms with Gasteiger partial charge in [0.15, 0.2) is 0 Å². The molecule has 0 fully saturated rings. The Bertz CT molecular complexity index is 393. The van der Waals surface area contributed by atoms with Crippen molar-refractivity contribution < 1.29 is 0 Å². The lowest BCUT2D eigenvalue weighted by Gasteiger charge is -2.02. The van der Waals surface area contributed by atoms with Crippen molar-refractivity contribution in [1.29, 1.82) is 0 Å². The van der Waals surface area contributed by atoms with Gasteiger partial charge in [0.05, 0.1) is 5.69 Å². The zero-order valence-electron chi connectivity index (χ0n) is 7.49. The minimum Gasteiger partial charge on any atom is -0.256 e. The molecular formula is C12H10N. The molecule has 0 unspecified atom stereocenters. The molecule has 1 heteroatoms. The van der Waals surface area contributed by atoms with Gasteiger partial charge in [0.25, 0.3) is 0 Å². The Morgan fingerprint density at radius 3 is 2.85 bits per heavy atom. The van der Waals surface area contributed by atoms with Gasteiger partial charge in [-0.2, -0.15) is 0 Å². The third kappa shape index (κ3) is 1.59. The molecule has 1 radical (unpaired) electrons. The lowest BCUT2D eigenvalue weighted by atomic mass is 10.1. The van der Waals surface area contributed by atoms with E-state index in [9.17, 15) is 0 Å². The van der Waals surface area contributed by atoms with E-state index < -0.39 is 0 Å². The van der Waals surface area contributed by atoms with Crippen LogP contribution >= 0.6 is 0 Å². The first-order chi connectivity index (χ1) is 6.38. The molecule has 1 aromatic carbocycles. The predicted octanol–water partition coefficient (Wildman–Crippen LogP) is 2.86. The van der Waals surface area contributed by atoms with Crippen molar-refractivity contribution in [3.8, 4) is 11.3 Å². The average Bonchev–Trinajstić information content (AvgIpc) is 2.20. The summed E-state index contributed by atoms with van der Waals surface area (Å²) in [5.74, 6) is 0. The molecular weight excluding hydrogens is 158 g/mol. The van der Waals surface area contributed by atoms with Crippen LogP contribution in [0.2, 0.25) is 0 Å². The third-order valence-electron chi connectivity index (χ3n) is 2.01. The maximum atomic E-state index is 4.30. The van der Waals surface area contributed by atoms with Crippen molar-refractivity contribution in [1.82, 2.24) is 4.98 Å². The van der Waals surface area contributed by atoms with Gasteiger partial charge in [-0.05, 0) is 30.7 Å². The average molecular weight is 168 g/mol. The van der Waals surface area contributed by atoms with Crippen LogP contribution in [-0.2, 0) is 0 Å². The molecule has 0 aliphatic heterocycles. The van der Waals surface area contributed by atoms with Crippen LogP contribution in [-0.4, -0.2) is 4.98 Å². The number of aromatic nitrogens is 1. The van der Waals surface area contributed by atoms with Crippen molar-refractivity contribution in [3.05, 3.63) is 54.2 Å². The first-order valence-corrected chi connectivity index (χ1v) is 4.26. The molecule has 2 aromatic rings. The summed E-state index contributed by atoms with van der Waals surface area (Å²) in [6.45, 7) is 2.07. The van der Waals surface area contributed by atoms with Gasteiger partial charge in [0.1, 0.15) is 0 Å². The second kappa shape index (κ2) is 3.40. The van der Waals surface area contributed by atoms with E-state index in [1.165, 1.54) is 11.1 Å². The lowest BCUT2D eigenvalue weighted by molar-refractivity contribution is 1.31. The van der Waals surface area contributed by atoms with Gasteiger partial charge in [-0.3, -0.25) is 4.98 Å². The molecule has 0 N–H and O–H groups in total. The summed E-state index contributed by atoms with van der Waals surface area (Å²) in [5, 5.41) is 0. The zero-order valence-corrected chi connectivity index (χ0v) is 7.49. The Morgan fingerprint density at radius 1 is 1.23 bits per heavy atom. The SMILES string of the molecule is Cc1c[c]ccc1-c1ccccn1. The van der Waals surface area contributed by atoms with Crippen LogP contribution in [0.3, 0.4) is 0 Å². The molecule has 1 heterocycles. The topological polar surface area (TPSA) is 12.9 Å². The molecule has 0 aliphatic carbocycles. The molecule has 63 valence electrons. The molecule has 0 bridgehead atoms. The smallest absolute Gasteiger partial charge is 0.0704 e. The van der Waals surface area contributed by atoms with Crippen LogP contribution < -0.4 is 0 Å². The highest BCUT2D eigenvalue weighted by molar-refractivity contribution is 5.62. The highest BCUT2D eigenvalue weighted by Gasteiger charge is 1.99. The lowest BCUT2D eigenvalue weighted by Crippen LogP contribution is -1.84. The highest BCUT2D eigenvalue weighted by Crippen LogP contribution is 2.19. The molecule has 1 aromatic heterocycles. The number of hydrogen-bond donors (Lipinski definition) is 0. The maximum absolute atomic E-state index is 4.30. The number of nitrogens with zero attached hydrogens (tertiary/aromatic N) is 1. The van der Waals surface area contributed by atoms with E-state index in [2.05, 4.69) is 18.0 Å². The molecule has 0 amide bonds. The summed E-state index contributed by atoms with van der Waals surface area (Å²) < 4.78 is 0. The molecule has 0 spiro atoms. The summed E-state index contributed by atoms with van der Waals surface area (Å²) in [7, 11) is 0.